The van der Waals surface area contributed by atoms with Crippen molar-refractivity contribution < 1.29 is 9.50 Å². The average molecular weight is 207 g/mol. The van der Waals surface area contributed by atoms with Crippen LogP contribution in [-0.4, -0.2) is 19.9 Å². The van der Waals surface area contributed by atoms with Crippen molar-refractivity contribution >= 4 is 0 Å². The molecule has 2 rings (SSSR count). The van der Waals surface area contributed by atoms with Crippen molar-refractivity contribution in [2.75, 3.05) is 0 Å². The number of hydrogen-bond donors (Lipinski definition) is 1. The van der Waals surface area contributed by atoms with Crippen molar-refractivity contribution in [1.29, 1.82) is 0 Å². The molecule has 0 spiro atoms. The molecular weight excluding hydrogens is 197 g/mol. The molecule has 1 heterocycles. The van der Waals surface area contributed by atoms with E-state index in [1.54, 1.807) is 29.8 Å². The average Bonchev–Trinajstić information content (AvgIpc) is 2.60. The maximum absolute atomic E-state index is 13.4. The highest BCUT2D eigenvalue weighted by Gasteiger charge is 2.12. The molecule has 0 fully saturated rings. The minimum absolute atomic E-state index is 0.210. The van der Waals surface area contributed by atoms with E-state index in [4.69, 9.17) is 5.11 Å². The molecule has 0 aliphatic carbocycles. The van der Waals surface area contributed by atoms with Gasteiger partial charge in [-0.1, -0.05) is 12.1 Å². The third-order valence-corrected chi connectivity index (χ3v) is 2.22. The summed E-state index contributed by atoms with van der Waals surface area (Å²) in [5, 5.41) is 16.5. The second-order valence-electron chi connectivity index (χ2n) is 3.14. The normalized spacial score (nSPS) is 10.6. The van der Waals surface area contributed by atoms with Crippen LogP contribution < -0.4 is 0 Å². The molecule has 0 aliphatic rings. The van der Waals surface area contributed by atoms with Crippen molar-refractivity contribution in [2.45, 2.75) is 6.61 Å². The first-order valence-electron chi connectivity index (χ1n) is 4.48. The summed E-state index contributed by atoms with van der Waals surface area (Å²) in [5.74, 6) is 0.475. The highest BCUT2D eigenvalue weighted by Crippen LogP contribution is 2.20. The standard InChI is InChI=1S/C10H10FN3O/c1-14-9(6-15)12-13-10(14)7-4-2-3-5-8(7)11/h2-5,15H,6H2,1H3. The predicted molar refractivity (Wildman–Crippen MR) is 52.3 cm³/mol. The Hall–Kier alpha value is -1.75. The molecule has 0 atom stereocenters. The summed E-state index contributed by atoms with van der Waals surface area (Å²) in [6.45, 7) is -0.210. The van der Waals surface area contributed by atoms with Crippen molar-refractivity contribution in [2.24, 2.45) is 7.05 Å². The fraction of sp³-hybridized carbons (Fsp3) is 0.200. The molecule has 1 aromatic heterocycles. The molecule has 4 nitrogen and oxygen atoms in total. The number of rotatable bonds is 2. The van der Waals surface area contributed by atoms with E-state index < -0.39 is 0 Å². The molecule has 2 aromatic rings. The zero-order valence-corrected chi connectivity index (χ0v) is 8.18. The van der Waals surface area contributed by atoms with Gasteiger partial charge in [0.1, 0.15) is 12.4 Å². The first-order valence-corrected chi connectivity index (χ1v) is 4.48. The van der Waals surface area contributed by atoms with Crippen molar-refractivity contribution in [3.05, 3.63) is 35.9 Å². The van der Waals surface area contributed by atoms with Crippen LogP contribution in [-0.2, 0) is 13.7 Å². The molecule has 0 bridgehead atoms. The molecule has 0 aliphatic heterocycles. The number of aliphatic hydroxyl groups is 1. The van der Waals surface area contributed by atoms with Gasteiger partial charge in [-0.05, 0) is 12.1 Å². The van der Waals surface area contributed by atoms with Crippen LogP contribution in [0.1, 0.15) is 5.82 Å². The number of benzene rings is 1. The van der Waals surface area contributed by atoms with Crippen molar-refractivity contribution in [3.8, 4) is 11.4 Å². The Morgan fingerprint density at radius 1 is 1.33 bits per heavy atom. The SMILES string of the molecule is Cn1c(CO)nnc1-c1ccccc1F. The highest BCUT2D eigenvalue weighted by molar-refractivity contribution is 5.55. The Balaban J connectivity index is 2.55. The maximum Gasteiger partial charge on any atom is 0.166 e. The molecule has 0 unspecified atom stereocenters. The number of hydrogen-bond acceptors (Lipinski definition) is 3. The fourth-order valence-electron chi connectivity index (χ4n) is 1.38. The van der Waals surface area contributed by atoms with E-state index in [-0.39, 0.29) is 12.4 Å². The topological polar surface area (TPSA) is 50.9 Å². The van der Waals surface area contributed by atoms with Gasteiger partial charge < -0.3 is 9.67 Å². The largest absolute Gasteiger partial charge is 0.388 e. The van der Waals surface area contributed by atoms with Crippen LogP contribution in [0.25, 0.3) is 11.4 Å². The molecule has 1 N–H and O–H groups in total. The minimum atomic E-state index is -0.350. The molecule has 5 heteroatoms. The van der Waals surface area contributed by atoms with E-state index in [2.05, 4.69) is 10.2 Å². The highest BCUT2D eigenvalue weighted by atomic mass is 19.1. The van der Waals surface area contributed by atoms with Gasteiger partial charge in [0.25, 0.3) is 0 Å². The lowest BCUT2D eigenvalue weighted by Crippen LogP contribution is -2.00. The van der Waals surface area contributed by atoms with Gasteiger partial charge in [0, 0.05) is 7.05 Å². The number of nitrogens with zero attached hydrogens (tertiary/aromatic N) is 3. The second kappa shape index (κ2) is 3.78. The molecular formula is C10H10FN3O. The summed E-state index contributed by atoms with van der Waals surface area (Å²) >= 11 is 0. The lowest BCUT2D eigenvalue weighted by molar-refractivity contribution is 0.267. The molecule has 0 saturated heterocycles. The Kier molecular flexibility index (Phi) is 2.47. The van der Waals surface area contributed by atoms with Crippen LogP contribution in [0.2, 0.25) is 0 Å². The Labute approximate surface area is 86.0 Å². The Morgan fingerprint density at radius 2 is 2.07 bits per heavy atom. The smallest absolute Gasteiger partial charge is 0.166 e. The van der Waals surface area contributed by atoms with Crippen molar-refractivity contribution in [3.63, 3.8) is 0 Å². The van der Waals surface area contributed by atoms with E-state index in [0.717, 1.165) is 0 Å². The van der Waals surface area contributed by atoms with Gasteiger partial charge in [-0.25, -0.2) is 4.39 Å². The summed E-state index contributed by atoms with van der Waals surface area (Å²) in [7, 11) is 1.69. The monoisotopic (exact) mass is 207 g/mol. The van der Waals surface area contributed by atoms with Crippen LogP contribution in [0, 0.1) is 5.82 Å². The third-order valence-electron chi connectivity index (χ3n) is 2.22. The van der Waals surface area contributed by atoms with Crippen LogP contribution in [0.15, 0.2) is 24.3 Å². The number of aromatic nitrogens is 3. The summed E-state index contributed by atoms with van der Waals surface area (Å²) in [6, 6.07) is 6.33. The second-order valence-corrected chi connectivity index (χ2v) is 3.14. The molecule has 0 saturated carbocycles. The Morgan fingerprint density at radius 3 is 2.67 bits per heavy atom. The van der Waals surface area contributed by atoms with Gasteiger partial charge >= 0.3 is 0 Å². The quantitative estimate of drug-likeness (QED) is 0.802. The molecule has 0 radical (unpaired) electrons. The van der Waals surface area contributed by atoms with E-state index in [1.165, 1.54) is 6.07 Å². The molecule has 1 aromatic carbocycles. The van der Waals surface area contributed by atoms with E-state index in [9.17, 15) is 4.39 Å². The predicted octanol–water partition coefficient (Wildman–Crippen LogP) is 1.11. The van der Waals surface area contributed by atoms with E-state index >= 15 is 0 Å². The zero-order chi connectivity index (χ0) is 10.8. The summed E-state index contributed by atoms with van der Waals surface area (Å²) in [5.41, 5.74) is 0.382. The summed E-state index contributed by atoms with van der Waals surface area (Å²) in [6.07, 6.45) is 0. The van der Waals surface area contributed by atoms with Gasteiger partial charge in [-0.3, -0.25) is 0 Å². The molecule has 78 valence electrons. The lowest BCUT2D eigenvalue weighted by Gasteiger charge is -2.02. The fourth-order valence-corrected chi connectivity index (χ4v) is 1.38. The van der Waals surface area contributed by atoms with Crippen LogP contribution in [0.3, 0.4) is 0 Å². The van der Waals surface area contributed by atoms with E-state index in [1.807, 2.05) is 0 Å². The van der Waals surface area contributed by atoms with Crippen LogP contribution >= 0.6 is 0 Å². The van der Waals surface area contributed by atoms with Crippen LogP contribution in [0.4, 0.5) is 4.39 Å². The van der Waals surface area contributed by atoms with Gasteiger partial charge in [-0.15, -0.1) is 10.2 Å². The van der Waals surface area contributed by atoms with Gasteiger partial charge in [0.2, 0.25) is 0 Å². The zero-order valence-electron chi connectivity index (χ0n) is 8.18. The molecule has 0 amide bonds. The maximum atomic E-state index is 13.4. The molecule has 15 heavy (non-hydrogen) atoms. The summed E-state index contributed by atoms with van der Waals surface area (Å²) < 4.78 is 15.0. The van der Waals surface area contributed by atoms with Gasteiger partial charge in [-0.2, -0.15) is 0 Å². The lowest BCUT2D eigenvalue weighted by atomic mass is 10.2. The van der Waals surface area contributed by atoms with Crippen LogP contribution in [0.5, 0.6) is 0 Å². The first kappa shape index (κ1) is 9.79. The number of aliphatic hydroxyl groups excluding tert-OH is 1. The van der Waals surface area contributed by atoms with Gasteiger partial charge in [0.05, 0.1) is 5.56 Å². The number of halogens is 1. The van der Waals surface area contributed by atoms with Gasteiger partial charge in [0.15, 0.2) is 11.6 Å². The first-order chi connectivity index (χ1) is 7.24. The van der Waals surface area contributed by atoms with E-state index in [0.29, 0.717) is 17.2 Å². The minimum Gasteiger partial charge on any atom is -0.388 e. The summed E-state index contributed by atoms with van der Waals surface area (Å²) in [4.78, 5) is 0. The Bertz CT molecular complexity index is 481. The van der Waals surface area contributed by atoms with Crippen molar-refractivity contribution in [1.82, 2.24) is 14.8 Å². The third kappa shape index (κ3) is 1.61.